The molecule has 2 N–H and O–H groups in total. The fourth-order valence-electron chi connectivity index (χ4n) is 2.43. The van der Waals surface area contributed by atoms with Gasteiger partial charge in [0.15, 0.2) is 0 Å². The van der Waals surface area contributed by atoms with Crippen LogP contribution in [0.4, 0.5) is 11.4 Å². The van der Waals surface area contributed by atoms with Crippen LogP contribution in [-0.4, -0.2) is 18.1 Å². The zero-order valence-corrected chi connectivity index (χ0v) is 15.1. The van der Waals surface area contributed by atoms with Gasteiger partial charge in [-0.1, -0.05) is 25.5 Å². The van der Waals surface area contributed by atoms with Crippen LogP contribution in [0.25, 0.3) is 0 Å². The molecule has 0 unspecified atom stereocenters. The summed E-state index contributed by atoms with van der Waals surface area (Å²) in [6, 6.07) is 16.1. The molecule has 2 aromatic rings. The molecule has 0 atom stereocenters. The number of phenolic OH excluding ortho intramolecular Hbond substituents is 1. The fraction of sp³-hybridized carbons (Fsp3) is 0.238. The van der Waals surface area contributed by atoms with Crippen LogP contribution in [0, 0.1) is 11.3 Å². The van der Waals surface area contributed by atoms with E-state index >= 15 is 0 Å². The van der Waals surface area contributed by atoms with E-state index in [4.69, 9.17) is 0 Å². The first-order chi connectivity index (χ1) is 12.5. The van der Waals surface area contributed by atoms with Gasteiger partial charge >= 0.3 is 0 Å². The summed E-state index contributed by atoms with van der Waals surface area (Å²) >= 11 is 0. The molecule has 0 spiro atoms. The summed E-state index contributed by atoms with van der Waals surface area (Å²) in [6.45, 7) is 2.15. The number of carbonyl (C=O) groups is 1. The van der Waals surface area contributed by atoms with E-state index in [9.17, 15) is 15.2 Å². The molecule has 0 aliphatic rings. The largest absolute Gasteiger partial charge is 0.508 e. The average molecular weight is 349 g/mol. The number of aromatic hydroxyl groups is 1. The van der Waals surface area contributed by atoms with Crippen LogP contribution in [0.15, 0.2) is 60.3 Å². The number of hydrogen-bond donors (Lipinski definition) is 2. The molecule has 1 amide bonds. The van der Waals surface area contributed by atoms with Crippen molar-refractivity contribution in [3.63, 3.8) is 0 Å². The van der Waals surface area contributed by atoms with Gasteiger partial charge in [0.1, 0.15) is 17.4 Å². The Balaban J connectivity index is 2.05. The summed E-state index contributed by atoms with van der Waals surface area (Å²) in [5, 5.41) is 21.4. The molecule has 0 fully saturated rings. The van der Waals surface area contributed by atoms with Gasteiger partial charge in [0, 0.05) is 24.6 Å². The highest BCUT2D eigenvalue weighted by Crippen LogP contribution is 2.18. The number of aryl methyl sites for hydroxylation is 1. The molecule has 26 heavy (non-hydrogen) atoms. The monoisotopic (exact) mass is 349 g/mol. The van der Waals surface area contributed by atoms with Crippen molar-refractivity contribution in [1.29, 1.82) is 5.26 Å². The number of anilines is 2. The molecule has 0 aliphatic carbocycles. The smallest absolute Gasteiger partial charge is 0.267 e. The topological polar surface area (TPSA) is 76.4 Å². The molecule has 0 saturated heterocycles. The summed E-state index contributed by atoms with van der Waals surface area (Å²) < 4.78 is 0. The number of carbonyl (C=O) groups excluding carboxylic acids is 1. The van der Waals surface area contributed by atoms with E-state index in [-0.39, 0.29) is 11.3 Å². The van der Waals surface area contributed by atoms with Gasteiger partial charge < -0.3 is 15.3 Å². The quantitative estimate of drug-likeness (QED) is 0.580. The molecule has 134 valence electrons. The first-order valence-corrected chi connectivity index (χ1v) is 8.57. The Bertz CT molecular complexity index is 803. The predicted molar refractivity (Wildman–Crippen MR) is 104 cm³/mol. The maximum atomic E-state index is 12.4. The number of phenols is 1. The first kappa shape index (κ1) is 19.1. The molecule has 2 aromatic carbocycles. The van der Waals surface area contributed by atoms with Crippen LogP contribution in [0.1, 0.15) is 25.3 Å². The van der Waals surface area contributed by atoms with Crippen molar-refractivity contribution in [2.45, 2.75) is 26.2 Å². The van der Waals surface area contributed by atoms with Crippen molar-refractivity contribution >= 4 is 17.3 Å². The lowest BCUT2D eigenvalue weighted by molar-refractivity contribution is -0.112. The lowest BCUT2D eigenvalue weighted by Gasteiger charge is -2.15. The minimum atomic E-state index is -0.459. The van der Waals surface area contributed by atoms with Gasteiger partial charge in [-0.15, -0.1) is 0 Å². The summed E-state index contributed by atoms with van der Waals surface area (Å²) in [7, 11) is 1.74. The number of nitrogens with zero attached hydrogens (tertiary/aromatic N) is 2. The number of amides is 1. The highest BCUT2D eigenvalue weighted by Gasteiger charge is 2.11. The van der Waals surface area contributed by atoms with Crippen LogP contribution in [-0.2, 0) is 11.2 Å². The number of unbranched alkanes of at least 4 members (excludes halogenated alkanes) is 1. The van der Waals surface area contributed by atoms with Crippen LogP contribution < -0.4 is 10.2 Å². The van der Waals surface area contributed by atoms with Crippen molar-refractivity contribution in [2.75, 3.05) is 17.3 Å². The number of benzene rings is 2. The maximum Gasteiger partial charge on any atom is 0.267 e. The van der Waals surface area contributed by atoms with Gasteiger partial charge in [-0.3, -0.25) is 4.79 Å². The second kappa shape index (κ2) is 9.28. The number of hydrogen-bond acceptors (Lipinski definition) is 4. The van der Waals surface area contributed by atoms with Crippen LogP contribution in [0.2, 0.25) is 0 Å². The van der Waals surface area contributed by atoms with E-state index in [1.165, 1.54) is 11.8 Å². The van der Waals surface area contributed by atoms with Gasteiger partial charge in [-0.05, 0) is 54.8 Å². The molecule has 5 heteroatoms. The fourth-order valence-corrected chi connectivity index (χ4v) is 2.43. The van der Waals surface area contributed by atoms with Crippen molar-refractivity contribution in [3.05, 3.63) is 65.9 Å². The normalized spacial score (nSPS) is 10.9. The molecule has 0 aliphatic heterocycles. The molecule has 0 heterocycles. The molecular weight excluding hydrogens is 326 g/mol. The Kier molecular flexibility index (Phi) is 6.81. The first-order valence-electron chi connectivity index (χ1n) is 8.57. The molecule has 5 nitrogen and oxygen atoms in total. The van der Waals surface area contributed by atoms with Gasteiger partial charge in [-0.2, -0.15) is 5.26 Å². The van der Waals surface area contributed by atoms with E-state index in [0.29, 0.717) is 5.69 Å². The van der Waals surface area contributed by atoms with Gasteiger partial charge in [-0.25, -0.2) is 0 Å². The number of nitrogens with one attached hydrogen (secondary N) is 1. The summed E-state index contributed by atoms with van der Waals surface area (Å²) in [5.41, 5.74) is 2.64. The van der Waals surface area contributed by atoms with Crippen LogP contribution in [0.5, 0.6) is 5.75 Å². The summed E-state index contributed by atoms with van der Waals surface area (Å²) in [5.74, 6) is -0.300. The lowest BCUT2D eigenvalue weighted by Crippen LogP contribution is -2.17. The van der Waals surface area contributed by atoms with Crippen molar-refractivity contribution in [3.8, 4) is 11.8 Å². The summed E-state index contributed by atoms with van der Waals surface area (Å²) in [6.07, 6.45) is 4.77. The van der Waals surface area contributed by atoms with Crippen LogP contribution >= 0.6 is 0 Å². The van der Waals surface area contributed by atoms with Gasteiger partial charge in [0.2, 0.25) is 0 Å². The van der Waals surface area contributed by atoms with Gasteiger partial charge in [0.25, 0.3) is 5.91 Å². The van der Waals surface area contributed by atoms with E-state index in [2.05, 4.69) is 12.2 Å². The molecule has 0 saturated carbocycles. The molecule has 0 aromatic heterocycles. The second-order valence-corrected chi connectivity index (χ2v) is 6.04. The Morgan fingerprint density at radius 1 is 1.19 bits per heavy atom. The minimum absolute atomic E-state index is 0.00404. The zero-order valence-electron chi connectivity index (χ0n) is 15.1. The van der Waals surface area contributed by atoms with E-state index in [1.54, 1.807) is 36.2 Å². The van der Waals surface area contributed by atoms with Crippen molar-refractivity contribution < 1.29 is 9.90 Å². The Morgan fingerprint density at radius 2 is 1.85 bits per heavy atom. The molecular formula is C21H23N3O2. The maximum absolute atomic E-state index is 12.4. The predicted octanol–water partition coefficient (Wildman–Crippen LogP) is 4.22. The van der Waals surface area contributed by atoms with E-state index in [0.717, 1.165) is 24.9 Å². The SMILES string of the molecule is CCCCc1ccc(NC(=O)/C(C#N)=C\N(C)c2ccc(O)cc2)cc1. The molecule has 2 rings (SSSR count). The third-order valence-corrected chi connectivity index (χ3v) is 3.98. The minimum Gasteiger partial charge on any atom is -0.508 e. The highest BCUT2D eigenvalue weighted by molar-refractivity contribution is 6.06. The third kappa shape index (κ3) is 5.38. The van der Waals surface area contributed by atoms with Crippen molar-refractivity contribution in [2.24, 2.45) is 0 Å². The van der Waals surface area contributed by atoms with E-state index < -0.39 is 5.91 Å². The molecule has 0 radical (unpaired) electrons. The van der Waals surface area contributed by atoms with Crippen molar-refractivity contribution in [1.82, 2.24) is 0 Å². The summed E-state index contributed by atoms with van der Waals surface area (Å²) in [4.78, 5) is 14.0. The second-order valence-electron chi connectivity index (χ2n) is 6.04. The standard InChI is InChI=1S/C21H23N3O2/c1-3-4-5-16-6-8-18(9-7-16)23-21(26)17(14-22)15-24(2)19-10-12-20(25)13-11-19/h6-13,15,25H,3-5H2,1-2H3,(H,23,26)/b17-15-. The number of nitriles is 1. The van der Waals surface area contributed by atoms with Crippen LogP contribution in [0.3, 0.4) is 0 Å². The number of rotatable bonds is 7. The lowest BCUT2D eigenvalue weighted by atomic mass is 10.1. The average Bonchev–Trinajstić information content (AvgIpc) is 2.65. The zero-order chi connectivity index (χ0) is 18.9. The third-order valence-electron chi connectivity index (χ3n) is 3.98. The Hall–Kier alpha value is -3.26. The van der Waals surface area contributed by atoms with Gasteiger partial charge in [0.05, 0.1) is 0 Å². The van der Waals surface area contributed by atoms with E-state index in [1.807, 2.05) is 30.3 Å². The Labute approximate surface area is 154 Å². The Morgan fingerprint density at radius 3 is 2.42 bits per heavy atom. The highest BCUT2D eigenvalue weighted by atomic mass is 16.3. The molecule has 0 bridgehead atoms.